The minimum absolute atomic E-state index is 0.0241. The first-order valence-electron chi connectivity index (χ1n) is 7.44. The topological polar surface area (TPSA) is 42.4 Å². The molecule has 3 rings (SSSR count). The summed E-state index contributed by atoms with van der Waals surface area (Å²) in [5.74, 6) is -0.473. The Hall–Kier alpha value is -2.22. The molecule has 1 aromatic heterocycles. The molecule has 0 spiro atoms. The maximum atomic E-state index is 13.5. The zero-order valence-electron chi connectivity index (χ0n) is 12.9. The van der Waals surface area contributed by atoms with Crippen LogP contribution in [0, 0.1) is 5.82 Å². The van der Waals surface area contributed by atoms with Crippen LogP contribution in [-0.2, 0) is 5.41 Å². The molecule has 2 heterocycles. The molecule has 0 radical (unpaired) electrons. The summed E-state index contributed by atoms with van der Waals surface area (Å²) < 4.78 is 71.3. The van der Waals surface area contributed by atoms with Gasteiger partial charge in [-0.2, -0.15) is 0 Å². The Bertz CT molecular complexity index is 762. The molecule has 1 aliphatic heterocycles. The van der Waals surface area contributed by atoms with Gasteiger partial charge in [0, 0.05) is 11.1 Å². The number of nitrogens with zero attached hydrogens (tertiary/aromatic N) is 1. The third kappa shape index (κ3) is 2.95. The molecule has 1 unspecified atom stereocenters. The smallest absolute Gasteiger partial charge is 0.269 e. The van der Waals surface area contributed by atoms with Crippen LogP contribution in [0.5, 0.6) is 5.75 Å². The monoisotopic (exact) mass is 359 g/mol. The highest BCUT2D eigenvalue weighted by Gasteiger charge is 2.44. The van der Waals surface area contributed by atoms with Gasteiger partial charge in [-0.15, -0.1) is 0 Å². The number of aromatic nitrogens is 1. The minimum Gasteiger partial charge on any atom is -0.490 e. The molecule has 3 nitrogen and oxygen atoms in total. The van der Waals surface area contributed by atoms with Crippen molar-refractivity contribution >= 4 is 0 Å². The van der Waals surface area contributed by atoms with Crippen LogP contribution < -0.4 is 4.74 Å². The molecular formula is C17H14F5NO2. The summed E-state index contributed by atoms with van der Waals surface area (Å²) in [5, 5.41) is 9.66. The molecule has 0 aliphatic carbocycles. The van der Waals surface area contributed by atoms with E-state index >= 15 is 0 Å². The fourth-order valence-electron chi connectivity index (χ4n) is 2.72. The van der Waals surface area contributed by atoms with Gasteiger partial charge in [-0.3, -0.25) is 0 Å². The highest BCUT2D eigenvalue weighted by atomic mass is 19.3. The Morgan fingerprint density at radius 3 is 2.36 bits per heavy atom. The van der Waals surface area contributed by atoms with Crippen LogP contribution in [0.3, 0.4) is 0 Å². The van der Waals surface area contributed by atoms with Gasteiger partial charge in [0.1, 0.15) is 37.2 Å². The summed E-state index contributed by atoms with van der Waals surface area (Å²) in [6, 6.07) is 5.99. The van der Waals surface area contributed by atoms with E-state index in [9.17, 15) is 27.1 Å². The molecule has 1 N–H and O–H groups in total. The third-order valence-electron chi connectivity index (χ3n) is 4.23. The van der Waals surface area contributed by atoms with E-state index in [-0.39, 0.29) is 23.6 Å². The molecule has 0 saturated heterocycles. The van der Waals surface area contributed by atoms with E-state index in [1.165, 1.54) is 12.1 Å². The lowest BCUT2D eigenvalue weighted by Crippen LogP contribution is -2.33. The standard InChI is InChI=1S/C17H14F5NO2/c18-6-17(7-19)8-25-15-11(17)5-12(14(24)16(21)22)23-13(15)9-1-3-10(20)4-2-9/h1-5,14,16,24H,6-8H2. The molecule has 25 heavy (non-hydrogen) atoms. The van der Waals surface area contributed by atoms with Crippen LogP contribution in [0.1, 0.15) is 17.4 Å². The number of halogens is 5. The van der Waals surface area contributed by atoms with Crippen molar-refractivity contribution < 1.29 is 31.8 Å². The van der Waals surface area contributed by atoms with Gasteiger partial charge >= 0.3 is 0 Å². The van der Waals surface area contributed by atoms with E-state index in [0.717, 1.165) is 18.2 Å². The highest BCUT2D eigenvalue weighted by molar-refractivity contribution is 5.70. The number of fused-ring (bicyclic) bond motifs is 1. The van der Waals surface area contributed by atoms with E-state index in [2.05, 4.69) is 4.98 Å². The van der Waals surface area contributed by atoms with Gasteiger partial charge < -0.3 is 9.84 Å². The maximum Gasteiger partial charge on any atom is 0.269 e. The molecule has 1 aromatic carbocycles. The second-order valence-electron chi connectivity index (χ2n) is 5.89. The molecular weight excluding hydrogens is 345 g/mol. The Labute approximate surface area is 140 Å². The van der Waals surface area contributed by atoms with Gasteiger partial charge in [0.05, 0.1) is 11.1 Å². The first-order valence-corrected chi connectivity index (χ1v) is 7.44. The van der Waals surface area contributed by atoms with Crippen molar-refractivity contribution in [2.45, 2.75) is 17.9 Å². The second kappa shape index (κ2) is 6.59. The molecule has 134 valence electrons. The number of alkyl halides is 4. The quantitative estimate of drug-likeness (QED) is 0.827. The Kier molecular flexibility index (Phi) is 4.64. The number of hydrogen-bond acceptors (Lipinski definition) is 3. The van der Waals surface area contributed by atoms with Crippen molar-refractivity contribution in [1.29, 1.82) is 0 Å². The average molecular weight is 359 g/mol. The largest absolute Gasteiger partial charge is 0.490 e. The van der Waals surface area contributed by atoms with Gasteiger partial charge in [0.15, 0.2) is 6.10 Å². The summed E-state index contributed by atoms with van der Waals surface area (Å²) >= 11 is 0. The molecule has 0 bridgehead atoms. The summed E-state index contributed by atoms with van der Waals surface area (Å²) in [6.45, 7) is -2.53. The zero-order chi connectivity index (χ0) is 18.2. The number of rotatable bonds is 5. The number of hydrogen-bond donors (Lipinski definition) is 1. The molecule has 0 fully saturated rings. The van der Waals surface area contributed by atoms with Crippen molar-refractivity contribution in [3.05, 3.63) is 47.4 Å². The first-order chi connectivity index (χ1) is 11.9. The maximum absolute atomic E-state index is 13.5. The van der Waals surface area contributed by atoms with Crippen molar-refractivity contribution in [3.8, 4) is 17.0 Å². The van der Waals surface area contributed by atoms with Gasteiger partial charge in [-0.1, -0.05) is 0 Å². The number of pyridine rings is 1. The van der Waals surface area contributed by atoms with Crippen LogP contribution >= 0.6 is 0 Å². The number of aliphatic hydroxyl groups is 1. The lowest BCUT2D eigenvalue weighted by atomic mass is 9.84. The van der Waals surface area contributed by atoms with Crippen molar-refractivity contribution in [3.63, 3.8) is 0 Å². The summed E-state index contributed by atoms with van der Waals surface area (Å²) in [4.78, 5) is 3.98. The predicted molar refractivity (Wildman–Crippen MR) is 79.7 cm³/mol. The third-order valence-corrected chi connectivity index (χ3v) is 4.23. The van der Waals surface area contributed by atoms with Crippen LogP contribution in [0.25, 0.3) is 11.3 Å². The average Bonchev–Trinajstić information content (AvgIpc) is 3.00. The van der Waals surface area contributed by atoms with Crippen LogP contribution in [0.15, 0.2) is 30.3 Å². The van der Waals surface area contributed by atoms with Crippen molar-refractivity contribution in [2.75, 3.05) is 20.0 Å². The zero-order valence-corrected chi connectivity index (χ0v) is 12.9. The van der Waals surface area contributed by atoms with Gasteiger partial charge in [-0.25, -0.2) is 26.9 Å². The predicted octanol–water partition coefficient (Wildman–Crippen LogP) is 3.76. The SMILES string of the molecule is OC(c1cc2c(c(-c3ccc(F)cc3)n1)OCC2(CF)CF)C(F)F. The normalized spacial score (nSPS) is 16.6. The molecule has 2 aromatic rings. The van der Waals surface area contributed by atoms with E-state index in [1.807, 2.05) is 0 Å². The van der Waals surface area contributed by atoms with Crippen LogP contribution in [0.2, 0.25) is 0 Å². The first kappa shape index (κ1) is 17.6. The minimum atomic E-state index is -3.13. The second-order valence-corrected chi connectivity index (χ2v) is 5.89. The van der Waals surface area contributed by atoms with Gasteiger partial charge in [0.25, 0.3) is 6.43 Å². The lowest BCUT2D eigenvalue weighted by molar-refractivity contribution is -0.00822. The molecule has 1 aliphatic rings. The highest BCUT2D eigenvalue weighted by Crippen LogP contribution is 2.46. The van der Waals surface area contributed by atoms with E-state index < -0.39 is 42.8 Å². The summed E-state index contributed by atoms with van der Waals surface area (Å²) in [5.41, 5.74) is -1.69. The Morgan fingerprint density at radius 1 is 1.16 bits per heavy atom. The summed E-state index contributed by atoms with van der Waals surface area (Å²) in [7, 11) is 0. The summed E-state index contributed by atoms with van der Waals surface area (Å²) in [6.07, 6.45) is -5.35. The van der Waals surface area contributed by atoms with Gasteiger partial charge in [0.2, 0.25) is 0 Å². The number of benzene rings is 1. The van der Waals surface area contributed by atoms with E-state index in [4.69, 9.17) is 4.74 Å². The fraction of sp³-hybridized carbons (Fsp3) is 0.353. The lowest BCUT2D eigenvalue weighted by Gasteiger charge is -2.21. The van der Waals surface area contributed by atoms with Crippen molar-refractivity contribution in [1.82, 2.24) is 4.98 Å². The number of aliphatic hydroxyl groups excluding tert-OH is 1. The van der Waals surface area contributed by atoms with Crippen LogP contribution in [-0.4, -0.2) is 36.5 Å². The van der Waals surface area contributed by atoms with Gasteiger partial charge in [-0.05, 0) is 30.3 Å². The molecule has 8 heteroatoms. The Morgan fingerprint density at radius 2 is 1.80 bits per heavy atom. The van der Waals surface area contributed by atoms with E-state index in [1.54, 1.807) is 0 Å². The van der Waals surface area contributed by atoms with Crippen LogP contribution in [0.4, 0.5) is 22.0 Å². The van der Waals surface area contributed by atoms with E-state index in [0.29, 0.717) is 5.56 Å². The Balaban J connectivity index is 2.23. The molecule has 1 atom stereocenters. The molecule has 0 saturated carbocycles. The number of ether oxygens (including phenoxy) is 1. The fourth-order valence-corrected chi connectivity index (χ4v) is 2.72. The van der Waals surface area contributed by atoms with Crippen molar-refractivity contribution in [2.24, 2.45) is 0 Å². The molecule has 0 amide bonds.